The van der Waals surface area contributed by atoms with Crippen molar-refractivity contribution in [3.8, 4) is 0 Å². The van der Waals surface area contributed by atoms with Crippen molar-refractivity contribution < 1.29 is 15.0 Å². The van der Waals surface area contributed by atoms with Crippen LogP contribution in [0.3, 0.4) is 0 Å². The van der Waals surface area contributed by atoms with Crippen molar-refractivity contribution in [3.05, 3.63) is 0 Å². The van der Waals surface area contributed by atoms with Gasteiger partial charge in [-0.2, -0.15) is 0 Å². The monoisotopic (exact) mass is 412 g/mol. The number of aliphatic hydroxyl groups excluding tert-OH is 1. The van der Waals surface area contributed by atoms with E-state index in [-0.39, 0.29) is 12.0 Å². The summed E-state index contributed by atoms with van der Waals surface area (Å²) in [6.45, 7) is 6.57. The van der Waals surface area contributed by atoms with Crippen molar-refractivity contribution in [2.24, 2.45) is 11.8 Å². The molecule has 0 aromatic heterocycles. The fraction of sp³-hybridized carbons (Fsp3) is 0.962. The normalized spacial score (nSPS) is 14.6. The Labute approximate surface area is 182 Å². The molecule has 0 aliphatic heterocycles. The van der Waals surface area contributed by atoms with Crippen LogP contribution < -0.4 is 0 Å². The molecule has 174 valence electrons. The third-order valence-electron chi connectivity index (χ3n) is 6.53. The maximum absolute atomic E-state index is 11.7. The van der Waals surface area contributed by atoms with Crippen LogP contribution in [0.4, 0.5) is 0 Å². The summed E-state index contributed by atoms with van der Waals surface area (Å²) >= 11 is 0. The lowest BCUT2D eigenvalue weighted by Crippen LogP contribution is -2.23. The summed E-state index contributed by atoms with van der Waals surface area (Å²) in [6.07, 6.45) is 21.6. The van der Waals surface area contributed by atoms with Crippen molar-refractivity contribution in [1.82, 2.24) is 0 Å². The molecule has 0 radical (unpaired) electrons. The van der Waals surface area contributed by atoms with E-state index >= 15 is 0 Å². The number of rotatable bonds is 22. The van der Waals surface area contributed by atoms with Gasteiger partial charge in [0.2, 0.25) is 0 Å². The molecule has 0 bridgehead atoms. The summed E-state index contributed by atoms with van der Waals surface area (Å²) in [6, 6.07) is 0. The van der Waals surface area contributed by atoms with Gasteiger partial charge in [0.15, 0.2) is 0 Å². The van der Waals surface area contributed by atoms with E-state index in [1.54, 1.807) is 0 Å². The highest BCUT2D eigenvalue weighted by molar-refractivity contribution is 5.70. The Hall–Kier alpha value is -0.570. The number of unbranched alkanes of at least 4 members (excludes halogenated alkanes) is 11. The largest absolute Gasteiger partial charge is 0.481 e. The van der Waals surface area contributed by atoms with Crippen molar-refractivity contribution in [1.29, 1.82) is 0 Å². The second-order valence-corrected chi connectivity index (χ2v) is 9.16. The van der Waals surface area contributed by atoms with Crippen LogP contribution in [0.5, 0.6) is 0 Å². The van der Waals surface area contributed by atoms with Gasteiger partial charge >= 0.3 is 5.97 Å². The molecule has 3 unspecified atom stereocenters. The van der Waals surface area contributed by atoms with Crippen LogP contribution in [0, 0.1) is 11.8 Å². The first-order chi connectivity index (χ1) is 14.1. The molecule has 2 N–H and O–H groups in total. The second kappa shape index (κ2) is 20.7. The smallest absolute Gasteiger partial charge is 0.306 e. The van der Waals surface area contributed by atoms with Gasteiger partial charge in [-0.25, -0.2) is 0 Å². The lowest BCUT2D eigenvalue weighted by Gasteiger charge is -2.22. The molecule has 0 aliphatic rings. The van der Waals surface area contributed by atoms with Gasteiger partial charge in [-0.05, 0) is 31.6 Å². The zero-order valence-electron chi connectivity index (χ0n) is 20.0. The maximum atomic E-state index is 11.7. The molecule has 3 nitrogen and oxygen atoms in total. The van der Waals surface area contributed by atoms with Crippen molar-refractivity contribution >= 4 is 5.97 Å². The molecule has 0 rings (SSSR count). The molecule has 0 aromatic rings. The van der Waals surface area contributed by atoms with Gasteiger partial charge < -0.3 is 10.2 Å². The third kappa shape index (κ3) is 16.9. The summed E-state index contributed by atoms with van der Waals surface area (Å²) in [5.74, 6) is -0.371. The van der Waals surface area contributed by atoms with Crippen LogP contribution in [-0.2, 0) is 4.79 Å². The van der Waals surface area contributed by atoms with E-state index in [9.17, 15) is 15.0 Å². The number of hydrogen-bond acceptors (Lipinski definition) is 2. The second-order valence-electron chi connectivity index (χ2n) is 9.16. The molecule has 0 heterocycles. The van der Waals surface area contributed by atoms with Gasteiger partial charge in [0.25, 0.3) is 0 Å². The van der Waals surface area contributed by atoms with Gasteiger partial charge in [0.1, 0.15) is 0 Å². The molecule has 0 amide bonds. The molecule has 3 heteroatoms. The average Bonchev–Trinajstić information content (AvgIpc) is 2.70. The number of hydrogen-bond donors (Lipinski definition) is 2. The Morgan fingerprint density at radius 1 is 0.621 bits per heavy atom. The first-order valence-corrected chi connectivity index (χ1v) is 13.0. The third-order valence-corrected chi connectivity index (χ3v) is 6.53. The highest BCUT2D eigenvalue weighted by atomic mass is 16.4. The molecule has 0 saturated heterocycles. The lowest BCUT2D eigenvalue weighted by molar-refractivity contribution is -0.144. The molecule has 0 saturated carbocycles. The summed E-state index contributed by atoms with van der Waals surface area (Å²) < 4.78 is 0. The van der Waals surface area contributed by atoms with E-state index in [0.717, 1.165) is 51.4 Å². The number of carboxylic acids is 1. The van der Waals surface area contributed by atoms with Gasteiger partial charge in [-0.3, -0.25) is 4.79 Å². The quantitative estimate of drug-likeness (QED) is 0.176. The van der Waals surface area contributed by atoms with Crippen molar-refractivity contribution in [3.63, 3.8) is 0 Å². The van der Waals surface area contributed by atoms with Crippen LogP contribution in [-0.4, -0.2) is 22.3 Å². The SMILES string of the molecule is CCCCCCC(O)CCCCCCCCCC(C(=O)O)C(CC)CCCCC. The Morgan fingerprint density at radius 3 is 1.52 bits per heavy atom. The molecule has 3 atom stereocenters. The van der Waals surface area contributed by atoms with Crippen LogP contribution >= 0.6 is 0 Å². The summed E-state index contributed by atoms with van der Waals surface area (Å²) in [4.78, 5) is 11.7. The topological polar surface area (TPSA) is 57.5 Å². The molecular weight excluding hydrogens is 360 g/mol. The molecule has 0 aliphatic carbocycles. The maximum Gasteiger partial charge on any atom is 0.306 e. The van der Waals surface area contributed by atoms with E-state index in [1.807, 2.05) is 0 Å². The number of carboxylic acid groups (broad SMARTS) is 1. The standard InChI is InChI=1S/C26H52O3/c1-4-7-9-16-20-24(27)21-17-13-11-10-12-14-18-22-25(26(28)29)23(6-3)19-15-8-5-2/h23-25,27H,4-22H2,1-3H3,(H,28,29). The van der Waals surface area contributed by atoms with Gasteiger partial charge in [0, 0.05) is 0 Å². The van der Waals surface area contributed by atoms with Crippen molar-refractivity contribution in [2.75, 3.05) is 0 Å². The number of aliphatic hydroxyl groups is 1. The van der Waals surface area contributed by atoms with Crippen LogP contribution in [0.2, 0.25) is 0 Å². The van der Waals surface area contributed by atoms with E-state index < -0.39 is 5.97 Å². The predicted molar refractivity (Wildman–Crippen MR) is 125 cm³/mol. The highest BCUT2D eigenvalue weighted by Gasteiger charge is 2.25. The minimum atomic E-state index is -0.582. The van der Waals surface area contributed by atoms with Crippen LogP contribution in [0.25, 0.3) is 0 Å². The highest BCUT2D eigenvalue weighted by Crippen LogP contribution is 2.28. The zero-order valence-corrected chi connectivity index (χ0v) is 20.0. The van der Waals surface area contributed by atoms with E-state index in [1.165, 1.54) is 70.6 Å². The van der Waals surface area contributed by atoms with Crippen LogP contribution in [0.15, 0.2) is 0 Å². The average molecular weight is 413 g/mol. The molecule has 29 heavy (non-hydrogen) atoms. The Bertz CT molecular complexity index is 356. The van der Waals surface area contributed by atoms with Crippen LogP contribution in [0.1, 0.15) is 143 Å². The first kappa shape index (κ1) is 28.4. The summed E-state index contributed by atoms with van der Waals surface area (Å²) in [5, 5.41) is 19.6. The minimum Gasteiger partial charge on any atom is -0.481 e. The minimum absolute atomic E-state index is 0.0938. The fourth-order valence-electron chi connectivity index (χ4n) is 4.49. The Kier molecular flexibility index (Phi) is 20.3. The summed E-state index contributed by atoms with van der Waals surface area (Å²) in [5.41, 5.74) is 0. The fourth-order valence-corrected chi connectivity index (χ4v) is 4.49. The van der Waals surface area contributed by atoms with E-state index in [2.05, 4.69) is 20.8 Å². The first-order valence-electron chi connectivity index (χ1n) is 13.0. The van der Waals surface area contributed by atoms with Gasteiger partial charge in [0.05, 0.1) is 12.0 Å². The Balaban J connectivity index is 3.71. The van der Waals surface area contributed by atoms with Gasteiger partial charge in [-0.1, -0.05) is 117 Å². The van der Waals surface area contributed by atoms with E-state index in [4.69, 9.17) is 0 Å². The summed E-state index contributed by atoms with van der Waals surface area (Å²) in [7, 11) is 0. The zero-order chi connectivity index (χ0) is 21.7. The van der Waals surface area contributed by atoms with Crippen molar-refractivity contribution in [2.45, 2.75) is 149 Å². The Morgan fingerprint density at radius 2 is 1.03 bits per heavy atom. The molecule has 0 fully saturated rings. The number of aliphatic carboxylic acids is 1. The van der Waals surface area contributed by atoms with Gasteiger partial charge in [-0.15, -0.1) is 0 Å². The molecule has 0 aromatic carbocycles. The lowest BCUT2D eigenvalue weighted by atomic mass is 9.82. The molecular formula is C26H52O3. The predicted octanol–water partition coefficient (Wildman–Crippen LogP) is 8.14. The van der Waals surface area contributed by atoms with E-state index in [0.29, 0.717) is 5.92 Å². The number of carbonyl (C=O) groups is 1. The molecule has 0 spiro atoms.